The first-order valence-corrected chi connectivity index (χ1v) is 2.57. The number of hydrogen-bond acceptors (Lipinski definition) is 5. The minimum absolute atomic E-state index is 0.569. The first kappa shape index (κ1) is 6.63. The van der Waals surface area contributed by atoms with Crippen molar-refractivity contribution in [3.05, 3.63) is 0 Å². The zero-order valence-electron chi connectivity index (χ0n) is 4.61. The molecule has 0 radical (unpaired) electrons. The Morgan fingerprint density at radius 3 is 1.89 bits per heavy atom. The normalized spacial score (nSPS) is 43.1. The fraction of sp³-hybridized carbons (Fsp3) is 0.750. The SMILES string of the molecule is O=CC1NC(O)C(O)N1. The zero-order valence-corrected chi connectivity index (χ0v) is 4.61. The molecule has 0 spiro atoms. The van der Waals surface area contributed by atoms with Crippen molar-refractivity contribution in [2.75, 3.05) is 0 Å². The Morgan fingerprint density at radius 1 is 1.22 bits per heavy atom. The van der Waals surface area contributed by atoms with Gasteiger partial charge in [0.2, 0.25) is 0 Å². The van der Waals surface area contributed by atoms with Gasteiger partial charge in [0, 0.05) is 0 Å². The predicted octanol–water partition coefficient (Wildman–Crippen LogP) is -2.66. The Bertz CT molecular complexity index is 108. The van der Waals surface area contributed by atoms with Crippen LogP contribution in [0.5, 0.6) is 0 Å². The van der Waals surface area contributed by atoms with Gasteiger partial charge in [-0.05, 0) is 0 Å². The molecule has 9 heavy (non-hydrogen) atoms. The Balaban J connectivity index is 2.43. The number of aliphatic hydroxyl groups is 2. The van der Waals surface area contributed by atoms with E-state index in [2.05, 4.69) is 10.6 Å². The van der Waals surface area contributed by atoms with Crippen LogP contribution in [0.4, 0.5) is 0 Å². The van der Waals surface area contributed by atoms with Crippen LogP contribution in [0.3, 0.4) is 0 Å². The highest BCUT2D eigenvalue weighted by Crippen LogP contribution is 1.95. The van der Waals surface area contributed by atoms with E-state index in [4.69, 9.17) is 10.2 Å². The van der Waals surface area contributed by atoms with E-state index in [-0.39, 0.29) is 0 Å². The summed E-state index contributed by atoms with van der Waals surface area (Å²) in [4.78, 5) is 9.95. The van der Waals surface area contributed by atoms with Crippen molar-refractivity contribution in [3.8, 4) is 0 Å². The Kier molecular flexibility index (Phi) is 1.77. The highest BCUT2D eigenvalue weighted by molar-refractivity contribution is 5.57. The molecule has 0 aromatic carbocycles. The van der Waals surface area contributed by atoms with Crippen molar-refractivity contribution >= 4 is 6.29 Å². The second-order valence-corrected chi connectivity index (χ2v) is 1.84. The summed E-state index contributed by atoms with van der Waals surface area (Å²) in [5.74, 6) is 0. The molecular weight excluding hydrogens is 124 g/mol. The standard InChI is InChI=1S/C4H8N2O3/c7-1-2-5-3(8)4(9)6-2/h1-6,8-9H. The topological polar surface area (TPSA) is 81.6 Å². The minimum atomic E-state index is -1.04. The summed E-state index contributed by atoms with van der Waals surface area (Å²) in [6.45, 7) is 0. The number of aliphatic hydroxyl groups excluding tert-OH is 2. The second kappa shape index (κ2) is 2.40. The lowest BCUT2D eigenvalue weighted by Gasteiger charge is -2.03. The lowest BCUT2D eigenvalue weighted by atomic mass is 10.5. The van der Waals surface area contributed by atoms with Gasteiger partial charge in [-0.3, -0.25) is 10.6 Å². The molecule has 0 aromatic rings. The van der Waals surface area contributed by atoms with Crippen LogP contribution in [0.1, 0.15) is 0 Å². The van der Waals surface area contributed by atoms with Gasteiger partial charge in [0.15, 0.2) is 6.29 Å². The molecule has 1 aliphatic heterocycles. The van der Waals surface area contributed by atoms with Crippen LogP contribution in [0, 0.1) is 0 Å². The van der Waals surface area contributed by atoms with Crippen LogP contribution >= 0.6 is 0 Å². The highest BCUT2D eigenvalue weighted by Gasteiger charge is 2.28. The number of nitrogens with one attached hydrogen (secondary N) is 2. The van der Waals surface area contributed by atoms with E-state index in [0.29, 0.717) is 6.29 Å². The van der Waals surface area contributed by atoms with Gasteiger partial charge in [0.25, 0.3) is 0 Å². The van der Waals surface area contributed by atoms with E-state index in [1.807, 2.05) is 0 Å². The van der Waals surface area contributed by atoms with E-state index in [0.717, 1.165) is 0 Å². The Hall–Kier alpha value is -0.490. The number of carbonyl (C=O) groups is 1. The van der Waals surface area contributed by atoms with Gasteiger partial charge in [-0.2, -0.15) is 0 Å². The number of rotatable bonds is 1. The van der Waals surface area contributed by atoms with Crippen molar-refractivity contribution in [2.45, 2.75) is 18.6 Å². The van der Waals surface area contributed by atoms with E-state index < -0.39 is 18.6 Å². The summed E-state index contributed by atoms with van der Waals surface area (Å²) in [5.41, 5.74) is 0. The highest BCUT2D eigenvalue weighted by atomic mass is 16.4. The molecule has 4 N–H and O–H groups in total. The van der Waals surface area contributed by atoms with Gasteiger partial charge >= 0.3 is 0 Å². The van der Waals surface area contributed by atoms with Crippen LogP contribution in [0.25, 0.3) is 0 Å². The summed E-state index contributed by atoms with van der Waals surface area (Å²) < 4.78 is 0. The molecule has 2 unspecified atom stereocenters. The van der Waals surface area contributed by atoms with Crippen molar-refractivity contribution in [2.24, 2.45) is 0 Å². The molecule has 5 heteroatoms. The first-order valence-electron chi connectivity index (χ1n) is 2.57. The molecule has 0 aromatic heterocycles. The monoisotopic (exact) mass is 132 g/mol. The third-order valence-electron chi connectivity index (χ3n) is 1.14. The van der Waals surface area contributed by atoms with Crippen LogP contribution < -0.4 is 10.6 Å². The maximum Gasteiger partial charge on any atom is 0.151 e. The maximum atomic E-state index is 9.95. The lowest BCUT2D eigenvalue weighted by molar-refractivity contribution is -0.110. The van der Waals surface area contributed by atoms with Gasteiger partial charge in [-0.25, -0.2) is 0 Å². The molecule has 0 saturated carbocycles. The summed E-state index contributed by atoms with van der Waals surface area (Å²) in [5, 5.41) is 22.2. The number of aldehydes is 1. The molecule has 1 saturated heterocycles. The van der Waals surface area contributed by atoms with E-state index in [9.17, 15) is 4.79 Å². The second-order valence-electron chi connectivity index (χ2n) is 1.84. The summed E-state index contributed by atoms with van der Waals surface area (Å²) in [6, 6.07) is 0. The summed E-state index contributed by atoms with van der Waals surface area (Å²) >= 11 is 0. The van der Waals surface area contributed by atoms with Crippen molar-refractivity contribution in [3.63, 3.8) is 0 Å². The van der Waals surface area contributed by atoms with Crippen molar-refractivity contribution in [1.82, 2.24) is 10.6 Å². The molecule has 5 nitrogen and oxygen atoms in total. The third kappa shape index (κ3) is 1.25. The van der Waals surface area contributed by atoms with Gasteiger partial charge in [-0.15, -0.1) is 0 Å². The van der Waals surface area contributed by atoms with Gasteiger partial charge in [-0.1, -0.05) is 0 Å². The van der Waals surface area contributed by atoms with Crippen LogP contribution in [-0.2, 0) is 4.79 Å². The molecule has 1 heterocycles. The quantitative estimate of drug-likeness (QED) is 0.293. The molecule has 0 aliphatic carbocycles. The molecule has 1 rings (SSSR count). The first-order chi connectivity index (χ1) is 4.24. The minimum Gasteiger partial charge on any atom is -0.374 e. The van der Waals surface area contributed by atoms with Gasteiger partial charge < -0.3 is 15.0 Å². The summed E-state index contributed by atoms with van der Waals surface area (Å²) in [6.07, 6.45) is -2.14. The van der Waals surface area contributed by atoms with Crippen molar-refractivity contribution in [1.29, 1.82) is 0 Å². The predicted molar refractivity (Wildman–Crippen MR) is 28.1 cm³/mol. The molecule has 1 aliphatic rings. The average molecular weight is 132 g/mol. The molecule has 1 fully saturated rings. The molecule has 0 bridgehead atoms. The smallest absolute Gasteiger partial charge is 0.151 e. The van der Waals surface area contributed by atoms with E-state index in [1.165, 1.54) is 0 Å². The van der Waals surface area contributed by atoms with Gasteiger partial charge in [0.05, 0.1) is 0 Å². The van der Waals surface area contributed by atoms with E-state index >= 15 is 0 Å². The largest absolute Gasteiger partial charge is 0.374 e. The molecule has 0 amide bonds. The molecule has 52 valence electrons. The summed E-state index contributed by atoms with van der Waals surface area (Å²) in [7, 11) is 0. The number of carbonyl (C=O) groups excluding carboxylic acids is 1. The van der Waals surface area contributed by atoms with Crippen LogP contribution in [0.2, 0.25) is 0 Å². The Labute approximate surface area is 51.7 Å². The fourth-order valence-electron chi connectivity index (χ4n) is 0.677. The number of hydrogen-bond donors (Lipinski definition) is 4. The zero-order chi connectivity index (χ0) is 6.85. The van der Waals surface area contributed by atoms with Crippen LogP contribution in [-0.4, -0.2) is 35.1 Å². The molecular formula is C4H8N2O3. The van der Waals surface area contributed by atoms with Crippen LogP contribution in [0.15, 0.2) is 0 Å². The van der Waals surface area contributed by atoms with E-state index in [1.54, 1.807) is 0 Å². The molecule has 2 atom stereocenters. The third-order valence-corrected chi connectivity index (χ3v) is 1.14. The maximum absolute atomic E-state index is 9.95. The average Bonchev–Trinajstić information content (AvgIpc) is 2.13. The fourth-order valence-corrected chi connectivity index (χ4v) is 0.677. The van der Waals surface area contributed by atoms with Crippen molar-refractivity contribution < 1.29 is 15.0 Å². The Morgan fingerprint density at radius 2 is 1.67 bits per heavy atom. The van der Waals surface area contributed by atoms with Gasteiger partial charge in [0.1, 0.15) is 18.6 Å². The lowest BCUT2D eigenvalue weighted by Crippen LogP contribution is -2.34.